The summed E-state index contributed by atoms with van der Waals surface area (Å²) in [6, 6.07) is 0. The molecular weight excluding hydrogens is 380 g/mol. The quantitative estimate of drug-likeness (QED) is 0.288. The highest BCUT2D eigenvalue weighted by Crippen LogP contribution is 2.11. The van der Waals surface area contributed by atoms with Crippen molar-refractivity contribution in [2.45, 2.75) is 84.0 Å². The highest BCUT2D eigenvalue weighted by atomic mass is 32.2. The van der Waals surface area contributed by atoms with E-state index in [-0.39, 0.29) is 24.6 Å². The third-order valence-corrected chi connectivity index (χ3v) is 6.11. The van der Waals surface area contributed by atoms with Crippen LogP contribution >= 0.6 is 0 Å². The summed E-state index contributed by atoms with van der Waals surface area (Å²) in [6.07, 6.45) is 11.9. The van der Waals surface area contributed by atoms with E-state index in [1.807, 2.05) is 0 Å². The van der Waals surface area contributed by atoms with Crippen LogP contribution in [0.25, 0.3) is 0 Å². The zero-order valence-corrected chi connectivity index (χ0v) is 18.2. The van der Waals surface area contributed by atoms with Gasteiger partial charge in [0.05, 0.1) is 5.75 Å². The topological polar surface area (TPSA) is 92.8 Å². The minimum Gasteiger partial charge on any atom is -0.346 e. The van der Waals surface area contributed by atoms with Crippen molar-refractivity contribution in [2.24, 2.45) is 0 Å². The van der Waals surface area contributed by atoms with Crippen LogP contribution in [0.1, 0.15) is 84.0 Å². The highest BCUT2D eigenvalue weighted by molar-refractivity contribution is 7.87. The van der Waals surface area contributed by atoms with Gasteiger partial charge in [-0.1, -0.05) is 58.3 Å². The molecular formula is C20H38N2O5S. The number of carbonyl (C=O) groups is 2. The van der Waals surface area contributed by atoms with Crippen LogP contribution in [0.4, 0.5) is 0 Å². The molecule has 1 aliphatic rings. The average molecular weight is 419 g/mol. The number of hydrogen-bond acceptors (Lipinski definition) is 6. The molecule has 0 unspecified atom stereocenters. The zero-order chi connectivity index (χ0) is 20.7. The second-order valence-electron chi connectivity index (χ2n) is 7.53. The van der Waals surface area contributed by atoms with Gasteiger partial charge < -0.3 is 14.4 Å². The van der Waals surface area contributed by atoms with Crippen molar-refractivity contribution >= 4 is 22.0 Å². The molecule has 0 aromatic rings. The van der Waals surface area contributed by atoms with E-state index in [1.54, 1.807) is 4.90 Å². The molecule has 0 atom stereocenters. The van der Waals surface area contributed by atoms with E-state index in [4.69, 9.17) is 0 Å². The first kappa shape index (κ1) is 24.9. The molecule has 1 heterocycles. The smallest absolute Gasteiger partial charge is 0.322 e. The Bertz CT molecular complexity index is 551. The predicted molar refractivity (Wildman–Crippen MR) is 110 cm³/mol. The van der Waals surface area contributed by atoms with Crippen LogP contribution in [0, 0.1) is 0 Å². The van der Waals surface area contributed by atoms with E-state index >= 15 is 0 Å². The molecule has 1 amide bonds. The van der Waals surface area contributed by atoms with Crippen molar-refractivity contribution in [2.75, 3.05) is 31.9 Å². The number of carbonyl (C=O) groups excluding carboxylic acids is 2. The Balaban J connectivity index is 1.99. The van der Waals surface area contributed by atoms with E-state index in [0.717, 1.165) is 25.8 Å². The Kier molecular flexibility index (Phi) is 13.1. The first-order chi connectivity index (χ1) is 13.4. The SMILES string of the molecule is CCCCCCCCCCCC(=O)OS(=O)(=O)CCNCCN1CCCC1=O. The van der Waals surface area contributed by atoms with E-state index in [9.17, 15) is 18.0 Å². The monoisotopic (exact) mass is 418 g/mol. The first-order valence-electron chi connectivity index (χ1n) is 10.9. The Hall–Kier alpha value is -1.15. The number of likely N-dealkylation sites (tertiary alicyclic amines) is 1. The van der Waals surface area contributed by atoms with Crippen molar-refractivity contribution in [3.63, 3.8) is 0 Å². The minimum atomic E-state index is -3.84. The normalized spacial score (nSPS) is 14.6. The van der Waals surface area contributed by atoms with Gasteiger partial charge >= 0.3 is 16.1 Å². The van der Waals surface area contributed by atoms with Crippen LogP contribution < -0.4 is 5.32 Å². The molecule has 0 aromatic carbocycles. The van der Waals surface area contributed by atoms with Crippen molar-refractivity contribution in [1.29, 1.82) is 0 Å². The summed E-state index contributed by atoms with van der Waals surface area (Å²) in [4.78, 5) is 24.9. The van der Waals surface area contributed by atoms with Crippen LogP contribution in [-0.4, -0.2) is 57.1 Å². The van der Waals surface area contributed by atoms with Gasteiger partial charge in [-0.25, -0.2) is 0 Å². The fourth-order valence-corrected chi connectivity index (χ4v) is 4.13. The number of hydrogen-bond donors (Lipinski definition) is 1. The molecule has 0 aliphatic carbocycles. The summed E-state index contributed by atoms with van der Waals surface area (Å²) < 4.78 is 28.3. The lowest BCUT2D eigenvalue weighted by molar-refractivity contribution is -0.134. The summed E-state index contributed by atoms with van der Waals surface area (Å²) >= 11 is 0. The van der Waals surface area contributed by atoms with Crippen LogP contribution in [0.3, 0.4) is 0 Å². The van der Waals surface area contributed by atoms with Crippen LogP contribution in [0.15, 0.2) is 0 Å². The number of amides is 1. The highest BCUT2D eigenvalue weighted by Gasteiger charge is 2.19. The number of unbranched alkanes of at least 4 members (excludes halogenated alkanes) is 8. The van der Waals surface area contributed by atoms with Gasteiger partial charge in [-0.2, -0.15) is 8.42 Å². The predicted octanol–water partition coefficient (Wildman–Crippen LogP) is 2.99. The van der Waals surface area contributed by atoms with Gasteiger partial charge in [0.2, 0.25) is 5.91 Å². The first-order valence-corrected chi connectivity index (χ1v) is 12.5. The van der Waals surface area contributed by atoms with Crippen molar-refractivity contribution in [3.05, 3.63) is 0 Å². The summed E-state index contributed by atoms with van der Waals surface area (Å²) in [5.74, 6) is -0.754. The maximum absolute atomic E-state index is 11.8. The molecule has 164 valence electrons. The van der Waals surface area contributed by atoms with Gasteiger partial charge in [0, 0.05) is 39.0 Å². The third-order valence-electron chi connectivity index (χ3n) is 4.96. The second-order valence-corrected chi connectivity index (χ2v) is 9.22. The van der Waals surface area contributed by atoms with E-state index in [2.05, 4.69) is 16.4 Å². The molecule has 0 spiro atoms. The molecule has 0 radical (unpaired) electrons. The Morgan fingerprint density at radius 1 is 1.04 bits per heavy atom. The van der Waals surface area contributed by atoms with Crippen LogP contribution in [0.5, 0.6) is 0 Å². The van der Waals surface area contributed by atoms with Crippen molar-refractivity contribution < 1.29 is 22.2 Å². The summed E-state index contributed by atoms with van der Waals surface area (Å²) in [6.45, 7) is 4.30. The van der Waals surface area contributed by atoms with Gasteiger partial charge in [0.15, 0.2) is 0 Å². The van der Waals surface area contributed by atoms with Gasteiger partial charge in [0.25, 0.3) is 0 Å². The third kappa shape index (κ3) is 12.3. The van der Waals surface area contributed by atoms with E-state index in [0.29, 0.717) is 25.9 Å². The Morgan fingerprint density at radius 2 is 1.68 bits per heavy atom. The maximum atomic E-state index is 11.8. The molecule has 7 nitrogen and oxygen atoms in total. The molecule has 1 rings (SSSR count). The molecule has 1 aliphatic heterocycles. The summed E-state index contributed by atoms with van der Waals surface area (Å²) in [5.41, 5.74) is 0. The van der Waals surface area contributed by atoms with E-state index in [1.165, 1.54) is 38.5 Å². The molecule has 0 aromatic heterocycles. The van der Waals surface area contributed by atoms with Gasteiger partial charge in [-0.05, 0) is 12.8 Å². The summed E-state index contributed by atoms with van der Waals surface area (Å²) in [7, 11) is -3.84. The van der Waals surface area contributed by atoms with Crippen molar-refractivity contribution in [3.8, 4) is 0 Å². The summed E-state index contributed by atoms with van der Waals surface area (Å²) in [5, 5.41) is 2.98. The van der Waals surface area contributed by atoms with Gasteiger partial charge in [0.1, 0.15) is 0 Å². The fraction of sp³-hybridized carbons (Fsp3) is 0.900. The van der Waals surface area contributed by atoms with Crippen LogP contribution in [0.2, 0.25) is 0 Å². The lowest BCUT2D eigenvalue weighted by Crippen LogP contribution is -2.35. The Labute approximate surface area is 170 Å². The molecule has 1 fully saturated rings. The zero-order valence-electron chi connectivity index (χ0n) is 17.4. The standard InChI is InChI=1S/C20H38N2O5S/c1-2-3-4-5-6-7-8-9-10-13-20(24)27-28(25,26)18-15-21-14-17-22-16-11-12-19(22)23/h21H,2-18H2,1H3. The van der Waals surface area contributed by atoms with Crippen LogP contribution in [-0.2, 0) is 23.9 Å². The number of rotatable bonds is 17. The Morgan fingerprint density at radius 3 is 2.29 bits per heavy atom. The molecule has 0 bridgehead atoms. The number of nitrogens with one attached hydrogen (secondary N) is 1. The maximum Gasteiger partial charge on any atom is 0.322 e. The average Bonchev–Trinajstić information content (AvgIpc) is 3.04. The largest absolute Gasteiger partial charge is 0.346 e. The number of nitrogens with zero attached hydrogens (tertiary/aromatic N) is 1. The molecule has 1 saturated heterocycles. The lowest BCUT2D eigenvalue weighted by atomic mass is 10.1. The molecule has 1 N–H and O–H groups in total. The van der Waals surface area contributed by atoms with E-state index < -0.39 is 16.1 Å². The van der Waals surface area contributed by atoms with Crippen molar-refractivity contribution in [1.82, 2.24) is 10.2 Å². The molecule has 0 saturated carbocycles. The minimum absolute atomic E-state index is 0.152. The fourth-order valence-electron chi connectivity index (χ4n) is 3.28. The second kappa shape index (κ2) is 14.8. The van der Waals surface area contributed by atoms with Gasteiger partial charge in [-0.3, -0.25) is 9.59 Å². The lowest BCUT2D eigenvalue weighted by Gasteiger charge is -2.15. The van der Waals surface area contributed by atoms with Gasteiger partial charge in [-0.15, -0.1) is 0 Å². The molecule has 28 heavy (non-hydrogen) atoms. The molecule has 8 heteroatoms.